The van der Waals surface area contributed by atoms with E-state index in [1.54, 1.807) is 0 Å². The number of hydrogen-bond acceptors (Lipinski definition) is 6. The number of anilines is 3. The Kier molecular flexibility index (Phi) is 4.89. The quantitative estimate of drug-likeness (QED) is 0.846. The third-order valence-corrected chi connectivity index (χ3v) is 5.07. The number of pyridine rings is 1. The first kappa shape index (κ1) is 16.7. The molecule has 0 N–H and O–H groups in total. The van der Waals surface area contributed by atoms with Crippen molar-refractivity contribution in [3.05, 3.63) is 48.2 Å². The van der Waals surface area contributed by atoms with Crippen LogP contribution in [0.25, 0.3) is 0 Å². The molecular weight excluding hydrogens is 326 g/mol. The highest BCUT2D eigenvalue weighted by atomic mass is 16.5. The molecule has 4 rings (SSSR count). The van der Waals surface area contributed by atoms with Crippen LogP contribution in [0.4, 0.5) is 17.2 Å². The fraction of sp³-hybridized carbons (Fsp3) is 0.400. The van der Waals surface area contributed by atoms with Crippen LogP contribution in [0.5, 0.6) is 0 Å². The number of para-hydroxylation sites is 1. The lowest BCUT2D eigenvalue weighted by molar-refractivity contribution is 0.122. The van der Waals surface area contributed by atoms with Gasteiger partial charge in [-0.15, -0.1) is 0 Å². The lowest BCUT2D eigenvalue weighted by Crippen LogP contribution is -2.47. The molecule has 1 aromatic carbocycles. The fourth-order valence-corrected chi connectivity index (χ4v) is 3.67. The second-order valence-electron chi connectivity index (χ2n) is 6.55. The van der Waals surface area contributed by atoms with Gasteiger partial charge in [-0.3, -0.25) is 0 Å². The molecule has 0 amide bonds. The zero-order valence-electron chi connectivity index (χ0n) is 14.8. The molecule has 1 aromatic heterocycles. The maximum Gasteiger partial charge on any atom is 0.148 e. The summed E-state index contributed by atoms with van der Waals surface area (Å²) in [5.74, 6) is 0.809. The third-order valence-electron chi connectivity index (χ3n) is 5.07. The van der Waals surface area contributed by atoms with E-state index in [-0.39, 0.29) is 0 Å². The van der Waals surface area contributed by atoms with Gasteiger partial charge >= 0.3 is 0 Å². The van der Waals surface area contributed by atoms with Crippen LogP contribution in [0.2, 0.25) is 0 Å². The van der Waals surface area contributed by atoms with Gasteiger partial charge in [-0.1, -0.05) is 18.2 Å². The van der Waals surface area contributed by atoms with Crippen molar-refractivity contribution in [3.63, 3.8) is 0 Å². The Labute approximate surface area is 154 Å². The average Bonchev–Trinajstić information content (AvgIpc) is 2.74. The van der Waals surface area contributed by atoms with Gasteiger partial charge in [0.2, 0.25) is 0 Å². The number of benzene rings is 1. The highest BCUT2D eigenvalue weighted by molar-refractivity contribution is 5.70. The summed E-state index contributed by atoms with van der Waals surface area (Å²) in [7, 11) is 0. The Bertz CT molecular complexity index is 775. The maximum absolute atomic E-state index is 9.81. The van der Waals surface area contributed by atoms with Crippen molar-refractivity contribution in [1.82, 2.24) is 4.98 Å². The average molecular weight is 349 g/mol. The Morgan fingerprint density at radius 3 is 2.23 bits per heavy atom. The van der Waals surface area contributed by atoms with Crippen molar-refractivity contribution < 1.29 is 4.74 Å². The lowest BCUT2D eigenvalue weighted by atomic mass is 10.1. The predicted molar refractivity (Wildman–Crippen MR) is 103 cm³/mol. The van der Waals surface area contributed by atoms with Crippen molar-refractivity contribution in [1.29, 1.82) is 5.26 Å². The van der Waals surface area contributed by atoms with E-state index in [2.05, 4.69) is 50.0 Å². The molecule has 2 aliphatic heterocycles. The van der Waals surface area contributed by atoms with Crippen LogP contribution in [-0.2, 0) is 4.74 Å². The number of rotatable bonds is 3. The molecule has 134 valence electrons. The molecular formula is C20H23N5O. The van der Waals surface area contributed by atoms with Crippen molar-refractivity contribution >= 4 is 17.2 Å². The monoisotopic (exact) mass is 349 g/mol. The molecule has 0 atom stereocenters. The first-order valence-corrected chi connectivity index (χ1v) is 9.13. The molecule has 0 radical (unpaired) electrons. The molecule has 0 bridgehead atoms. The third kappa shape index (κ3) is 3.31. The van der Waals surface area contributed by atoms with E-state index in [1.807, 2.05) is 18.3 Å². The second-order valence-corrected chi connectivity index (χ2v) is 6.55. The lowest BCUT2D eigenvalue weighted by Gasteiger charge is -2.37. The summed E-state index contributed by atoms with van der Waals surface area (Å²) in [4.78, 5) is 11.4. The summed E-state index contributed by atoms with van der Waals surface area (Å²) in [5, 5.41) is 9.81. The molecule has 0 spiro atoms. The summed E-state index contributed by atoms with van der Waals surface area (Å²) in [6.45, 7) is 6.64. The summed E-state index contributed by atoms with van der Waals surface area (Å²) in [6, 6.07) is 14.8. The topological polar surface area (TPSA) is 55.6 Å². The van der Waals surface area contributed by atoms with Gasteiger partial charge in [-0.2, -0.15) is 5.26 Å². The second kappa shape index (κ2) is 7.63. The molecule has 0 unspecified atom stereocenters. The largest absolute Gasteiger partial charge is 0.378 e. The van der Waals surface area contributed by atoms with Gasteiger partial charge in [-0.05, 0) is 18.2 Å². The molecule has 2 aromatic rings. The zero-order chi connectivity index (χ0) is 17.8. The standard InChI is InChI=1S/C20H23N5O/c21-16-18-19(24-12-14-26-15-13-24)6-7-22-20(18)25-10-8-23(9-11-25)17-4-2-1-3-5-17/h1-7H,8-15H2. The Hall–Kier alpha value is -2.78. The highest BCUT2D eigenvalue weighted by Crippen LogP contribution is 2.29. The van der Waals surface area contributed by atoms with E-state index in [1.165, 1.54) is 5.69 Å². The van der Waals surface area contributed by atoms with Crippen molar-refractivity contribution in [2.75, 3.05) is 67.2 Å². The number of nitriles is 1. The number of ether oxygens (including phenoxy) is 1. The molecule has 26 heavy (non-hydrogen) atoms. The Morgan fingerprint density at radius 2 is 1.54 bits per heavy atom. The zero-order valence-corrected chi connectivity index (χ0v) is 14.8. The summed E-state index contributed by atoms with van der Waals surface area (Å²) >= 11 is 0. The van der Waals surface area contributed by atoms with Gasteiger partial charge < -0.3 is 19.4 Å². The van der Waals surface area contributed by atoms with Gasteiger partial charge in [0, 0.05) is 51.2 Å². The van der Waals surface area contributed by atoms with Gasteiger partial charge in [0.15, 0.2) is 0 Å². The van der Waals surface area contributed by atoms with Gasteiger partial charge in [-0.25, -0.2) is 4.98 Å². The van der Waals surface area contributed by atoms with E-state index in [0.29, 0.717) is 18.8 Å². The molecule has 6 nitrogen and oxygen atoms in total. The van der Waals surface area contributed by atoms with Gasteiger partial charge in [0.05, 0.1) is 18.9 Å². The van der Waals surface area contributed by atoms with Crippen molar-refractivity contribution in [2.45, 2.75) is 0 Å². The number of morpholine rings is 1. The fourth-order valence-electron chi connectivity index (χ4n) is 3.67. The molecule has 6 heteroatoms. The summed E-state index contributed by atoms with van der Waals surface area (Å²) in [6.07, 6.45) is 1.82. The number of piperazine rings is 1. The molecule has 0 aliphatic carbocycles. The van der Waals surface area contributed by atoms with Crippen LogP contribution in [-0.4, -0.2) is 57.5 Å². The molecule has 2 saturated heterocycles. The van der Waals surface area contributed by atoms with Crippen LogP contribution in [0, 0.1) is 11.3 Å². The summed E-state index contributed by atoms with van der Waals surface area (Å²) in [5.41, 5.74) is 2.91. The molecule has 3 heterocycles. The highest BCUT2D eigenvalue weighted by Gasteiger charge is 2.24. The van der Waals surface area contributed by atoms with Crippen molar-refractivity contribution in [2.24, 2.45) is 0 Å². The first-order valence-electron chi connectivity index (χ1n) is 9.13. The normalized spacial score (nSPS) is 17.9. The first-order chi connectivity index (χ1) is 12.9. The summed E-state index contributed by atoms with van der Waals surface area (Å²) < 4.78 is 5.44. The number of aromatic nitrogens is 1. The van der Waals surface area contributed by atoms with Crippen molar-refractivity contribution in [3.8, 4) is 6.07 Å². The Balaban J connectivity index is 1.52. The minimum Gasteiger partial charge on any atom is -0.378 e. The minimum atomic E-state index is 0.683. The van der Waals surface area contributed by atoms with E-state index in [0.717, 1.165) is 50.8 Å². The van der Waals surface area contributed by atoms with Crippen LogP contribution in [0.3, 0.4) is 0 Å². The van der Waals surface area contributed by atoms with Crippen LogP contribution >= 0.6 is 0 Å². The van der Waals surface area contributed by atoms with E-state index in [4.69, 9.17) is 4.74 Å². The smallest absolute Gasteiger partial charge is 0.148 e. The predicted octanol–water partition coefficient (Wildman–Crippen LogP) is 2.12. The molecule has 2 aliphatic rings. The molecule has 2 fully saturated rings. The maximum atomic E-state index is 9.81. The minimum absolute atomic E-state index is 0.683. The van der Waals surface area contributed by atoms with Gasteiger partial charge in [0.25, 0.3) is 0 Å². The molecule has 0 saturated carbocycles. The SMILES string of the molecule is N#Cc1c(N2CCOCC2)ccnc1N1CCN(c2ccccc2)CC1. The van der Waals surface area contributed by atoms with Crippen LogP contribution in [0.1, 0.15) is 5.56 Å². The number of hydrogen-bond donors (Lipinski definition) is 0. The van der Waals surface area contributed by atoms with Gasteiger partial charge in [0.1, 0.15) is 17.5 Å². The van der Waals surface area contributed by atoms with Crippen LogP contribution < -0.4 is 14.7 Å². The van der Waals surface area contributed by atoms with E-state index < -0.39 is 0 Å². The van der Waals surface area contributed by atoms with E-state index in [9.17, 15) is 5.26 Å². The van der Waals surface area contributed by atoms with E-state index >= 15 is 0 Å². The number of nitrogens with zero attached hydrogens (tertiary/aromatic N) is 5. The Morgan fingerprint density at radius 1 is 0.846 bits per heavy atom. The van der Waals surface area contributed by atoms with Crippen LogP contribution in [0.15, 0.2) is 42.6 Å².